The minimum atomic E-state index is -4.49. The van der Waals surface area contributed by atoms with Crippen molar-refractivity contribution in [1.29, 1.82) is 0 Å². The molecule has 0 aliphatic heterocycles. The third-order valence-corrected chi connectivity index (χ3v) is 2.38. The standard InChI is InChI=1S/C11H13F3N2O2/c1-18-10(17)9(16)5-6-2-3-7(8(15)4-6)11(12,13)14/h2-4,9H,5,15-16H2,1H3/t9-/m1/s1. The van der Waals surface area contributed by atoms with Crippen LogP contribution in [0.5, 0.6) is 0 Å². The number of carbonyl (C=O) groups excluding carboxylic acids is 1. The average molecular weight is 262 g/mol. The molecule has 0 saturated heterocycles. The van der Waals surface area contributed by atoms with Gasteiger partial charge < -0.3 is 16.2 Å². The fourth-order valence-corrected chi connectivity index (χ4v) is 1.49. The van der Waals surface area contributed by atoms with Crippen molar-refractivity contribution in [3.8, 4) is 0 Å². The van der Waals surface area contributed by atoms with Gasteiger partial charge >= 0.3 is 12.1 Å². The molecule has 1 atom stereocenters. The first-order valence-corrected chi connectivity index (χ1v) is 5.04. The molecular formula is C11H13F3N2O2. The minimum absolute atomic E-state index is 0.0645. The molecule has 1 aromatic rings. The molecule has 4 N–H and O–H groups in total. The molecule has 0 bridgehead atoms. The van der Waals surface area contributed by atoms with Gasteiger partial charge in [0.2, 0.25) is 0 Å². The molecule has 4 nitrogen and oxygen atoms in total. The molecule has 18 heavy (non-hydrogen) atoms. The number of hydrogen-bond acceptors (Lipinski definition) is 4. The van der Waals surface area contributed by atoms with Gasteiger partial charge in [-0.1, -0.05) is 6.07 Å². The lowest BCUT2D eigenvalue weighted by atomic mass is 10.0. The Morgan fingerprint density at radius 3 is 2.50 bits per heavy atom. The fraction of sp³-hybridized carbons (Fsp3) is 0.364. The number of nitrogens with two attached hydrogens (primary N) is 2. The summed E-state index contributed by atoms with van der Waals surface area (Å²) in [4.78, 5) is 11.1. The van der Waals surface area contributed by atoms with Gasteiger partial charge in [0, 0.05) is 5.69 Å². The summed E-state index contributed by atoms with van der Waals surface area (Å²) in [5, 5.41) is 0. The molecule has 0 spiro atoms. The van der Waals surface area contributed by atoms with Gasteiger partial charge in [0.05, 0.1) is 12.7 Å². The van der Waals surface area contributed by atoms with Gasteiger partial charge in [-0.2, -0.15) is 13.2 Å². The van der Waals surface area contributed by atoms with Gasteiger partial charge in [0.1, 0.15) is 6.04 Å². The molecule has 100 valence electrons. The highest BCUT2D eigenvalue weighted by molar-refractivity contribution is 5.75. The number of methoxy groups -OCH3 is 1. The highest BCUT2D eigenvalue weighted by atomic mass is 19.4. The SMILES string of the molecule is COC(=O)[C@H](N)Cc1ccc(C(F)(F)F)c(N)c1. The summed E-state index contributed by atoms with van der Waals surface area (Å²) < 4.78 is 41.8. The normalized spacial score (nSPS) is 13.2. The Morgan fingerprint density at radius 1 is 1.44 bits per heavy atom. The van der Waals surface area contributed by atoms with Crippen molar-refractivity contribution in [1.82, 2.24) is 0 Å². The van der Waals surface area contributed by atoms with Crippen LogP contribution in [0.2, 0.25) is 0 Å². The van der Waals surface area contributed by atoms with Crippen molar-refractivity contribution in [2.75, 3.05) is 12.8 Å². The van der Waals surface area contributed by atoms with Crippen LogP contribution in [0.25, 0.3) is 0 Å². The number of alkyl halides is 3. The molecule has 0 fully saturated rings. The summed E-state index contributed by atoms with van der Waals surface area (Å²) in [7, 11) is 1.18. The maximum Gasteiger partial charge on any atom is 0.418 e. The predicted octanol–water partition coefficient (Wildman–Crippen LogP) is 1.33. The molecule has 7 heteroatoms. The first kappa shape index (κ1) is 14.3. The van der Waals surface area contributed by atoms with Gasteiger partial charge in [-0.15, -0.1) is 0 Å². The van der Waals surface area contributed by atoms with Crippen molar-refractivity contribution >= 4 is 11.7 Å². The topological polar surface area (TPSA) is 78.3 Å². The lowest BCUT2D eigenvalue weighted by Crippen LogP contribution is -2.33. The number of carbonyl (C=O) groups is 1. The highest BCUT2D eigenvalue weighted by Crippen LogP contribution is 2.33. The van der Waals surface area contributed by atoms with Crippen LogP contribution in [0.3, 0.4) is 0 Å². The van der Waals surface area contributed by atoms with Gasteiger partial charge in [0.15, 0.2) is 0 Å². The highest BCUT2D eigenvalue weighted by Gasteiger charge is 2.32. The van der Waals surface area contributed by atoms with Crippen LogP contribution in [0.4, 0.5) is 18.9 Å². The third-order valence-electron chi connectivity index (χ3n) is 2.38. The maximum atomic E-state index is 12.4. The first-order valence-electron chi connectivity index (χ1n) is 5.04. The van der Waals surface area contributed by atoms with E-state index in [-0.39, 0.29) is 6.42 Å². The summed E-state index contributed by atoms with van der Waals surface area (Å²) >= 11 is 0. The van der Waals surface area contributed by atoms with E-state index in [4.69, 9.17) is 11.5 Å². The van der Waals surface area contributed by atoms with Crippen LogP contribution in [0.1, 0.15) is 11.1 Å². The van der Waals surface area contributed by atoms with E-state index in [0.29, 0.717) is 5.56 Å². The average Bonchev–Trinajstić information content (AvgIpc) is 2.26. The van der Waals surface area contributed by atoms with Crippen LogP contribution < -0.4 is 11.5 Å². The number of benzene rings is 1. The smallest absolute Gasteiger partial charge is 0.418 e. The van der Waals surface area contributed by atoms with E-state index in [1.54, 1.807) is 0 Å². The van der Waals surface area contributed by atoms with Crippen molar-refractivity contribution in [3.05, 3.63) is 29.3 Å². The molecule has 0 heterocycles. The Morgan fingerprint density at radius 2 is 2.06 bits per heavy atom. The summed E-state index contributed by atoms with van der Waals surface area (Å²) in [5.74, 6) is -0.631. The molecular weight excluding hydrogens is 249 g/mol. The number of ether oxygens (including phenoxy) is 1. The third kappa shape index (κ3) is 3.36. The molecule has 0 amide bonds. The Bertz CT molecular complexity index is 446. The summed E-state index contributed by atoms with van der Waals surface area (Å²) in [6.07, 6.45) is -4.43. The van der Waals surface area contributed by atoms with E-state index >= 15 is 0 Å². The molecule has 0 radical (unpaired) electrons. The van der Waals surface area contributed by atoms with Gasteiger partial charge in [-0.3, -0.25) is 4.79 Å². The summed E-state index contributed by atoms with van der Waals surface area (Å²) in [5.41, 5.74) is 9.96. The van der Waals surface area contributed by atoms with Crippen LogP contribution in [0.15, 0.2) is 18.2 Å². The molecule has 1 aromatic carbocycles. The van der Waals surface area contributed by atoms with Crippen LogP contribution in [-0.4, -0.2) is 19.1 Å². The maximum absolute atomic E-state index is 12.4. The van der Waals surface area contributed by atoms with E-state index in [1.807, 2.05) is 0 Å². The molecule has 0 unspecified atom stereocenters. The van der Waals surface area contributed by atoms with Crippen molar-refractivity contribution in [2.24, 2.45) is 5.73 Å². The number of rotatable bonds is 3. The predicted molar refractivity (Wildman–Crippen MR) is 59.6 cm³/mol. The lowest BCUT2D eigenvalue weighted by Gasteiger charge is -2.13. The van der Waals surface area contributed by atoms with Gasteiger partial charge in [0.25, 0.3) is 0 Å². The van der Waals surface area contributed by atoms with Crippen molar-refractivity contribution in [2.45, 2.75) is 18.6 Å². The monoisotopic (exact) mass is 262 g/mol. The summed E-state index contributed by atoms with van der Waals surface area (Å²) in [6, 6.07) is 2.34. The van der Waals surface area contributed by atoms with Gasteiger partial charge in [-0.05, 0) is 24.1 Å². The first-order chi connectivity index (χ1) is 8.25. The van der Waals surface area contributed by atoms with E-state index in [1.165, 1.54) is 13.2 Å². The second kappa shape index (κ2) is 5.26. The zero-order valence-corrected chi connectivity index (χ0v) is 9.62. The second-order valence-electron chi connectivity index (χ2n) is 3.75. The molecule has 0 saturated carbocycles. The largest absolute Gasteiger partial charge is 0.468 e. The number of nitrogen functional groups attached to an aromatic ring is 1. The van der Waals surface area contributed by atoms with Gasteiger partial charge in [-0.25, -0.2) is 0 Å². The Balaban J connectivity index is 2.89. The number of esters is 1. The molecule has 0 aromatic heterocycles. The minimum Gasteiger partial charge on any atom is -0.468 e. The molecule has 0 aliphatic carbocycles. The van der Waals surface area contributed by atoms with E-state index in [0.717, 1.165) is 12.1 Å². The zero-order valence-electron chi connectivity index (χ0n) is 9.62. The quantitative estimate of drug-likeness (QED) is 0.636. The van der Waals surface area contributed by atoms with E-state index in [2.05, 4.69) is 4.74 Å². The Labute approximate surface area is 102 Å². The number of halogens is 3. The van der Waals surface area contributed by atoms with Crippen LogP contribution in [0, 0.1) is 0 Å². The fourth-order valence-electron chi connectivity index (χ4n) is 1.49. The lowest BCUT2D eigenvalue weighted by molar-refractivity contribution is -0.142. The van der Waals surface area contributed by atoms with E-state index in [9.17, 15) is 18.0 Å². The Hall–Kier alpha value is -1.76. The number of hydrogen-bond donors (Lipinski definition) is 2. The zero-order chi connectivity index (χ0) is 13.9. The molecule has 1 rings (SSSR count). The number of anilines is 1. The van der Waals surface area contributed by atoms with Crippen LogP contribution >= 0.6 is 0 Å². The molecule has 0 aliphatic rings. The van der Waals surface area contributed by atoms with Crippen LogP contribution in [-0.2, 0) is 22.1 Å². The van der Waals surface area contributed by atoms with Crippen molar-refractivity contribution in [3.63, 3.8) is 0 Å². The summed E-state index contributed by atoms with van der Waals surface area (Å²) in [6.45, 7) is 0. The van der Waals surface area contributed by atoms with E-state index < -0.39 is 29.4 Å². The van der Waals surface area contributed by atoms with Crippen molar-refractivity contribution < 1.29 is 22.7 Å². The second-order valence-corrected chi connectivity index (χ2v) is 3.75. The Kier molecular flexibility index (Phi) is 4.18.